The van der Waals surface area contributed by atoms with Gasteiger partial charge in [-0.1, -0.05) is 36.4 Å². The summed E-state index contributed by atoms with van der Waals surface area (Å²) in [5.41, 5.74) is 4.02. The summed E-state index contributed by atoms with van der Waals surface area (Å²) in [6.45, 7) is 0. The maximum Gasteiger partial charge on any atom is 0.263 e. The first-order chi connectivity index (χ1) is 13.6. The highest BCUT2D eigenvalue weighted by molar-refractivity contribution is 9.10. The third-order valence-electron chi connectivity index (χ3n) is 4.69. The van der Waals surface area contributed by atoms with Crippen LogP contribution in [0.25, 0.3) is 11.6 Å². The maximum absolute atomic E-state index is 13.4. The monoisotopic (exact) mass is 435 g/mol. The molecule has 0 aromatic heterocycles. The first-order valence-corrected chi connectivity index (χ1v) is 9.55. The van der Waals surface area contributed by atoms with Crippen LogP contribution in [0.1, 0.15) is 11.1 Å². The minimum absolute atomic E-state index is 0.0682. The zero-order valence-corrected chi connectivity index (χ0v) is 17.1. The lowest BCUT2D eigenvalue weighted by molar-refractivity contribution is -0.112. The number of hydrogen-bond acceptors (Lipinski definition) is 3. The van der Waals surface area contributed by atoms with Crippen LogP contribution in [0.2, 0.25) is 0 Å². The first kappa shape index (κ1) is 18.3. The summed E-state index contributed by atoms with van der Waals surface area (Å²) in [6.07, 6.45) is 1.87. The topological polar surface area (TPSA) is 38.8 Å². The average molecular weight is 436 g/mol. The number of hydrogen-bond donors (Lipinski definition) is 0. The molecule has 3 aromatic rings. The van der Waals surface area contributed by atoms with Crippen molar-refractivity contribution in [1.82, 2.24) is 0 Å². The molecule has 28 heavy (non-hydrogen) atoms. The van der Waals surface area contributed by atoms with E-state index >= 15 is 0 Å². The molecule has 0 saturated heterocycles. The molecule has 0 N–H and O–H groups in total. The second-order valence-electron chi connectivity index (χ2n) is 6.28. The number of para-hydroxylation sites is 2. The normalized spacial score (nSPS) is 14.3. The fourth-order valence-corrected chi connectivity index (χ4v) is 3.89. The molecule has 5 heteroatoms. The lowest BCUT2D eigenvalue weighted by Gasteiger charge is -2.17. The quantitative estimate of drug-likeness (QED) is 0.494. The van der Waals surface area contributed by atoms with E-state index in [0.717, 1.165) is 27.0 Å². The van der Waals surface area contributed by atoms with E-state index in [-0.39, 0.29) is 5.91 Å². The van der Waals surface area contributed by atoms with E-state index in [4.69, 9.17) is 9.47 Å². The Hall–Kier alpha value is -3.05. The van der Waals surface area contributed by atoms with Gasteiger partial charge in [0, 0.05) is 22.9 Å². The zero-order chi connectivity index (χ0) is 19.7. The van der Waals surface area contributed by atoms with Gasteiger partial charge in [-0.25, -0.2) is 0 Å². The third-order valence-corrected chi connectivity index (χ3v) is 5.31. The Morgan fingerprint density at radius 2 is 1.57 bits per heavy atom. The van der Waals surface area contributed by atoms with Crippen LogP contribution in [0.15, 0.2) is 71.2 Å². The van der Waals surface area contributed by atoms with Gasteiger partial charge < -0.3 is 9.47 Å². The van der Waals surface area contributed by atoms with Gasteiger partial charge in [-0.15, -0.1) is 0 Å². The highest BCUT2D eigenvalue weighted by Gasteiger charge is 2.33. The maximum atomic E-state index is 13.4. The third kappa shape index (κ3) is 3.08. The molecule has 1 heterocycles. The van der Waals surface area contributed by atoms with E-state index in [1.54, 1.807) is 25.2 Å². The van der Waals surface area contributed by atoms with Crippen molar-refractivity contribution in [3.05, 3.63) is 82.3 Å². The molecule has 0 saturated carbocycles. The number of fused-ring (bicyclic) bond motifs is 1. The molecule has 0 atom stereocenters. The van der Waals surface area contributed by atoms with E-state index in [1.807, 2.05) is 66.7 Å². The van der Waals surface area contributed by atoms with Crippen molar-refractivity contribution in [3.63, 3.8) is 0 Å². The lowest BCUT2D eigenvalue weighted by Crippen LogP contribution is -2.20. The predicted molar refractivity (Wildman–Crippen MR) is 115 cm³/mol. The predicted octanol–water partition coefficient (Wildman–Crippen LogP) is 5.69. The number of ether oxygens (including phenoxy) is 2. The van der Waals surface area contributed by atoms with Crippen molar-refractivity contribution < 1.29 is 14.3 Å². The molecule has 3 aromatic carbocycles. The van der Waals surface area contributed by atoms with E-state index in [0.29, 0.717) is 17.1 Å². The molecule has 0 fully saturated rings. The molecule has 0 aliphatic carbocycles. The van der Waals surface area contributed by atoms with E-state index in [9.17, 15) is 4.79 Å². The first-order valence-electron chi connectivity index (χ1n) is 8.76. The van der Waals surface area contributed by atoms with Crippen LogP contribution in [-0.2, 0) is 4.79 Å². The molecule has 0 radical (unpaired) electrons. The van der Waals surface area contributed by atoms with Gasteiger partial charge in [-0.2, -0.15) is 0 Å². The molecule has 0 bridgehead atoms. The summed E-state index contributed by atoms with van der Waals surface area (Å²) in [5, 5.41) is 0. The van der Waals surface area contributed by atoms with Gasteiger partial charge in [0.15, 0.2) is 0 Å². The smallest absolute Gasteiger partial charge is 0.263 e. The van der Waals surface area contributed by atoms with Crippen molar-refractivity contribution in [2.75, 3.05) is 19.1 Å². The number of rotatable bonds is 4. The zero-order valence-electron chi connectivity index (χ0n) is 15.5. The molecule has 0 unspecified atom stereocenters. The summed E-state index contributed by atoms with van der Waals surface area (Å²) in [6, 6.07) is 21.2. The number of halogens is 1. The highest BCUT2D eigenvalue weighted by Crippen LogP contribution is 2.43. The van der Waals surface area contributed by atoms with Crippen LogP contribution in [0.5, 0.6) is 11.5 Å². The molecule has 1 aliphatic rings. The van der Waals surface area contributed by atoms with E-state index in [1.165, 1.54) is 0 Å². The number of nitrogens with zero attached hydrogens (tertiary/aromatic N) is 1. The van der Waals surface area contributed by atoms with E-state index in [2.05, 4.69) is 15.9 Å². The van der Waals surface area contributed by atoms with Crippen molar-refractivity contribution >= 4 is 44.9 Å². The summed E-state index contributed by atoms with van der Waals surface area (Å²) >= 11 is 3.51. The van der Waals surface area contributed by atoms with Crippen molar-refractivity contribution in [3.8, 4) is 11.5 Å². The molecule has 1 amide bonds. The van der Waals surface area contributed by atoms with Gasteiger partial charge in [-0.3, -0.25) is 9.69 Å². The Morgan fingerprint density at radius 3 is 2.29 bits per heavy atom. The number of carbonyl (C=O) groups excluding carboxylic acids is 1. The summed E-state index contributed by atoms with van der Waals surface area (Å²) < 4.78 is 11.7. The van der Waals surface area contributed by atoms with Gasteiger partial charge in [-0.05, 0) is 46.3 Å². The van der Waals surface area contributed by atoms with Gasteiger partial charge in [0.05, 0.1) is 30.0 Å². The van der Waals surface area contributed by atoms with E-state index < -0.39 is 0 Å². The molecule has 0 spiro atoms. The Labute approximate surface area is 172 Å². The number of methoxy groups -OCH3 is 2. The van der Waals surface area contributed by atoms with Gasteiger partial charge >= 0.3 is 0 Å². The molecule has 4 nitrogen and oxygen atoms in total. The number of amides is 1. The second kappa shape index (κ2) is 7.52. The minimum atomic E-state index is -0.0682. The fourth-order valence-electron chi connectivity index (χ4n) is 3.37. The van der Waals surface area contributed by atoms with Crippen molar-refractivity contribution in [1.29, 1.82) is 0 Å². The van der Waals surface area contributed by atoms with Crippen LogP contribution in [0, 0.1) is 0 Å². The Bertz CT molecular complexity index is 1080. The molecule has 4 rings (SSSR count). The molecule has 140 valence electrons. The summed E-state index contributed by atoms with van der Waals surface area (Å²) in [5.74, 6) is 1.24. The van der Waals surface area contributed by atoms with Gasteiger partial charge in [0.1, 0.15) is 11.5 Å². The highest BCUT2D eigenvalue weighted by atomic mass is 79.9. The van der Waals surface area contributed by atoms with Crippen LogP contribution < -0.4 is 14.4 Å². The Balaban J connectivity index is 1.87. The standard InChI is InChI=1S/C23H18BrNO3/c1-27-21-14-22(28-2)19(24)13-15(21)12-18-17-10-6-7-11-20(17)25(23(18)26)16-8-4-3-5-9-16/h3-14H,1-2H3/b18-12+. The van der Waals surface area contributed by atoms with Crippen LogP contribution in [0.4, 0.5) is 11.4 Å². The fraction of sp³-hybridized carbons (Fsp3) is 0.0870. The molecular weight excluding hydrogens is 418 g/mol. The second-order valence-corrected chi connectivity index (χ2v) is 7.13. The van der Waals surface area contributed by atoms with Crippen LogP contribution in [-0.4, -0.2) is 20.1 Å². The number of anilines is 2. The van der Waals surface area contributed by atoms with Crippen LogP contribution >= 0.6 is 15.9 Å². The largest absolute Gasteiger partial charge is 0.496 e. The summed E-state index contributed by atoms with van der Waals surface area (Å²) in [4.78, 5) is 15.1. The minimum Gasteiger partial charge on any atom is -0.496 e. The molecular formula is C23H18BrNO3. The van der Waals surface area contributed by atoms with Crippen molar-refractivity contribution in [2.24, 2.45) is 0 Å². The van der Waals surface area contributed by atoms with Gasteiger partial charge in [0.25, 0.3) is 5.91 Å². The average Bonchev–Trinajstić information content (AvgIpc) is 3.00. The number of benzene rings is 3. The lowest BCUT2D eigenvalue weighted by atomic mass is 10.0. The van der Waals surface area contributed by atoms with Gasteiger partial charge in [0.2, 0.25) is 0 Å². The Kier molecular flexibility index (Phi) is 4.92. The SMILES string of the molecule is COc1cc(OC)c(/C=C2/C(=O)N(c3ccccc3)c3ccccc32)cc1Br. The van der Waals surface area contributed by atoms with Crippen LogP contribution in [0.3, 0.4) is 0 Å². The van der Waals surface area contributed by atoms with Crippen molar-refractivity contribution in [2.45, 2.75) is 0 Å². The number of carbonyl (C=O) groups is 1. The Morgan fingerprint density at radius 1 is 0.893 bits per heavy atom. The molecule has 1 aliphatic heterocycles. The summed E-state index contributed by atoms with van der Waals surface area (Å²) in [7, 11) is 3.21.